The van der Waals surface area contributed by atoms with Crippen molar-refractivity contribution in [1.82, 2.24) is 19.9 Å². The highest BCUT2D eigenvalue weighted by atomic mass is 19.4. The molecule has 0 aliphatic carbocycles. The summed E-state index contributed by atoms with van der Waals surface area (Å²) in [6.45, 7) is 5.24. The minimum Gasteiger partial charge on any atom is -0.451 e. The molecule has 0 bridgehead atoms. The van der Waals surface area contributed by atoms with E-state index in [-0.39, 0.29) is 47.3 Å². The van der Waals surface area contributed by atoms with Gasteiger partial charge in [-0.3, -0.25) is 9.88 Å². The molecule has 1 aromatic carbocycles. The van der Waals surface area contributed by atoms with Crippen molar-refractivity contribution in [2.75, 3.05) is 18.4 Å². The lowest BCUT2D eigenvalue weighted by molar-refractivity contribution is -0.138. The summed E-state index contributed by atoms with van der Waals surface area (Å²) in [5, 5.41) is 3.56. The third-order valence-corrected chi connectivity index (χ3v) is 6.88. The van der Waals surface area contributed by atoms with Crippen molar-refractivity contribution in [2.24, 2.45) is 0 Å². The molecule has 2 atom stereocenters. The molecule has 2 aliphatic heterocycles. The smallest absolute Gasteiger partial charge is 0.418 e. The maximum Gasteiger partial charge on any atom is 0.418 e. The van der Waals surface area contributed by atoms with E-state index in [1.807, 2.05) is 13.8 Å². The van der Waals surface area contributed by atoms with E-state index in [0.29, 0.717) is 35.5 Å². The van der Waals surface area contributed by atoms with Gasteiger partial charge < -0.3 is 14.8 Å². The standard InChI is InChI=1S/C28H23F6N5O2/c1-14-11-39(12-15(2)40-14)13-21-25-23(36-19-7-5-16(27(29,30)31)10-22(19)41-25)17-6-8-20(37-26(17)38-21)24-18(28(32,33)34)4-3-9-35-24/h3-10,14-15,36H,11-13H2,1-2H3/t14-,15+. The average molecular weight is 576 g/mol. The lowest BCUT2D eigenvalue weighted by Crippen LogP contribution is -2.45. The van der Waals surface area contributed by atoms with E-state index in [1.54, 1.807) is 6.07 Å². The Morgan fingerprint density at radius 2 is 1.71 bits per heavy atom. The Morgan fingerprint density at radius 1 is 0.951 bits per heavy atom. The highest BCUT2D eigenvalue weighted by Gasteiger charge is 2.36. The number of anilines is 2. The van der Waals surface area contributed by atoms with Gasteiger partial charge in [-0.1, -0.05) is 0 Å². The molecule has 41 heavy (non-hydrogen) atoms. The van der Waals surface area contributed by atoms with Crippen LogP contribution in [0.5, 0.6) is 11.5 Å². The molecular formula is C28H23F6N5O2. The second-order valence-corrected chi connectivity index (χ2v) is 10.1. The molecule has 0 unspecified atom stereocenters. The van der Waals surface area contributed by atoms with Gasteiger partial charge >= 0.3 is 12.4 Å². The minimum atomic E-state index is -4.65. The van der Waals surface area contributed by atoms with Gasteiger partial charge in [0.2, 0.25) is 0 Å². The fourth-order valence-corrected chi connectivity index (χ4v) is 5.24. The molecule has 2 aliphatic rings. The van der Waals surface area contributed by atoms with Gasteiger partial charge in [0.1, 0.15) is 11.4 Å². The van der Waals surface area contributed by atoms with E-state index in [1.165, 1.54) is 24.4 Å². The number of nitrogens with one attached hydrogen (secondary N) is 1. The molecule has 13 heteroatoms. The van der Waals surface area contributed by atoms with Crippen molar-refractivity contribution >= 4 is 22.4 Å². The topological polar surface area (TPSA) is 72.4 Å². The van der Waals surface area contributed by atoms with Crippen LogP contribution in [0, 0.1) is 0 Å². The van der Waals surface area contributed by atoms with E-state index in [2.05, 4.69) is 25.2 Å². The number of benzene rings is 1. The van der Waals surface area contributed by atoms with Crippen LogP contribution >= 0.6 is 0 Å². The number of hydrogen-bond donors (Lipinski definition) is 1. The molecule has 0 radical (unpaired) electrons. The number of halogens is 6. The predicted molar refractivity (Wildman–Crippen MR) is 138 cm³/mol. The Bertz CT molecular complexity index is 1630. The van der Waals surface area contributed by atoms with E-state index in [0.717, 1.165) is 18.2 Å². The minimum absolute atomic E-state index is 0.0219. The fraction of sp³-hybridized carbons (Fsp3) is 0.321. The Hall–Kier alpha value is -3.97. The zero-order valence-corrected chi connectivity index (χ0v) is 21.8. The Labute approximate surface area is 230 Å². The van der Waals surface area contributed by atoms with Crippen LogP contribution in [0.3, 0.4) is 0 Å². The highest BCUT2D eigenvalue weighted by molar-refractivity contribution is 5.98. The maximum absolute atomic E-state index is 13.7. The predicted octanol–water partition coefficient (Wildman–Crippen LogP) is 7.19. The number of fused-ring (bicyclic) bond motifs is 4. The van der Waals surface area contributed by atoms with Crippen LogP contribution in [0.15, 0.2) is 48.7 Å². The molecule has 1 saturated heterocycles. The van der Waals surface area contributed by atoms with Gasteiger partial charge in [-0.05, 0) is 56.3 Å². The number of morpholine rings is 1. The molecule has 0 amide bonds. The fourth-order valence-electron chi connectivity index (χ4n) is 5.24. The van der Waals surface area contributed by atoms with Crippen LogP contribution in [-0.4, -0.2) is 45.1 Å². The average Bonchev–Trinajstić information content (AvgIpc) is 2.90. The summed E-state index contributed by atoms with van der Waals surface area (Å²) in [5.41, 5.74) is -0.959. The summed E-state index contributed by atoms with van der Waals surface area (Å²) in [6.07, 6.45) is -8.10. The quantitative estimate of drug-likeness (QED) is 0.228. The number of nitrogens with zero attached hydrogens (tertiary/aromatic N) is 4. The molecule has 1 N–H and O–H groups in total. The van der Waals surface area contributed by atoms with Crippen molar-refractivity contribution in [1.29, 1.82) is 0 Å². The molecule has 3 aromatic heterocycles. The summed E-state index contributed by atoms with van der Waals surface area (Å²) in [5.74, 6) is 0.200. The highest BCUT2D eigenvalue weighted by Crippen LogP contribution is 2.48. The Balaban J connectivity index is 1.49. The van der Waals surface area contributed by atoms with E-state index in [9.17, 15) is 26.3 Å². The van der Waals surface area contributed by atoms with Crippen LogP contribution < -0.4 is 10.1 Å². The number of alkyl halides is 6. The molecule has 214 valence electrons. The molecule has 1 fully saturated rings. The van der Waals surface area contributed by atoms with Crippen molar-refractivity contribution < 1.29 is 35.8 Å². The first-order chi connectivity index (χ1) is 19.4. The number of ether oxygens (including phenoxy) is 2. The number of pyridine rings is 3. The van der Waals surface area contributed by atoms with Crippen LogP contribution in [0.1, 0.15) is 30.7 Å². The summed E-state index contributed by atoms with van der Waals surface area (Å²) >= 11 is 0. The normalized spacial score (nSPS) is 19.3. The first kappa shape index (κ1) is 27.2. The first-order valence-corrected chi connectivity index (χ1v) is 12.8. The number of aromatic nitrogens is 3. The van der Waals surface area contributed by atoms with Crippen molar-refractivity contribution in [3.05, 3.63) is 65.5 Å². The van der Waals surface area contributed by atoms with Gasteiger partial charge in [-0.15, -0.1) is 0 Å². The Morgan fingerprint density at radius 3 is 2.41 bits per heavy atom. The molecule has 5 heterocycles. The van der Waals surface area contributed by atoms with Crippen LogP contribution in [-0.2, 0) is 23.6 Å². The molecule has 6 rings (SSSR count). The van der Waals surface area contributed by atoms with Gasteiger partial charge in [0.25, 0.3) is 0 Å². The number of hydrogen-bond acceptors (Lipinski definition) is 7. The van der Waals surface area contributed by atoms with Gasteiger partial charge in [0.05, 0.1) is 40.4 Å². The van der Waals surface area contributed by atoms with Crippen LogP contribution in [0.2, 0.25) is 0 Å². The van der Waals surface area contributed by atoms with Crippen LogP contribution in [0.25, 0.3) is 22.4 Å². The zero-order valence-electron chi connectivity index (χ0n) is 21.8. The summed E-state index contributed by atoms with van der Waals surface area (Å²) in [4.78, 5) is 15.1. The summed E-state index contributed by atoms with van der Waals surface area (Å²) in [7, 11) is 0. The third kappa shape index (κ3) is 5.26. The Kier molecular flexibility index (Phi) is 6.53. The maximum atomic E-state index is 13.7. The molecule has 4 aromatic rings. The molecule has 0 saturated carbocycles. The van der Waals surface area contributed by atoms with Crippen molar-refractivity contribution in [3.8, 4) is 22.9 Å². The van der Waals surface area contributed by atoms with E-state index < -0.39 is 23.5 Å². The van der Waals surface area contributed by atoms with Crippen molar-refractivity contribution in [2.45, 2.75) is 45.0 Å². The van der Waals surface area contributed by atoms with Gasteiger partial charge in [0, 0.05) is 31.2 Å². The van der Waals surface area contributed by atoms with Gasteiger partial charge in [-0.25, -0.2) is 9.97 Å². The summed E-state index contributed by atoms with van der Waals surface area (Å²) in [6, 6.07) is 8.21. The molecule has 0 spiro atoms. The summed E-state index contributed by atoms with van der Waals surface area (Å²) < 4.78 is 93.2. The molecule has 7 nitrogen and oxygen atoms in total. The van der Waals surface area contributed by atoms with Gasteiger partial charge in [0.15, 0.2) is 17.1 Å². The SMILES string of the molecule is C[C@@H]1CN(Cc2nc3nc(-c4ncccc4C(F)(F)F)ccc3c3c2Oc2cc(C(F)(F)F)ccc2N3)C[C@H](C)O1. The first-order valence-electron chi connectivity index (χ1n) is 12.8. The second-order valence-electron chi connectivity index (χ2n) is 10.1. The second kappa shape index (κ2) is 9.84. The monoisotopic (exact) mass is 575 g/mol. The number of rotatable bonds is 3. The molecular weight excluding hydrogens is 552 g/mol. The lowest BCUT2D eigenvalue weighted by Gasteiger charge is -2.35. The van der Waals surface area contributed by atoms with E-state index in [4.69, 9.17) is 9.47 Å². The zero-order chi connectivity index (χ0) is 29.1. The lowest BCUT2D eigenvalue weighted by atomic mass is 10.1. The van der Waals surface area contributed by atoms with Gasteiger partial charge in [-0.2, -0.15) is 26.3 Å². The largest absolute Gasteiger partial charge is 0.451 e. The van der Waals surface area contributed by atoms with E-state index >= 15 is 0 Å². The van der Waals surface area contributed by atoms with Crippen molar-refractivity contribution in [3.63, 3.8) is 0 Å². The third-order valence-electron chi connectivity index (χ3n) is 6.88. The van der Waals surface area contributed by atoms with Crippen LogP contribution in [0.4, 0.5) is 37.7 Å².